The predicted molar refractivity (Wildman–Crippen MR) is 113 cm³/mol. The summed E-state index contributed by atoms with van der Waals surface area (Å²) in [5.74, 6) is 0. The molecule has 0 aromatic heterocycles. The second-order valence-corrected chi connectivity index (χ2v) is 6.69. The van der Waals surface area contributed by atoms with Gasteiger partial charge in [0, 0.05) is 13.1 Å². The number of nitrogens with zero attached hydrogens (tertiary/aromatic N) is 2. The molecule has 0 N–H and O–H groups in total. The van der Waals surface area contributed by atoms with Gasteiger partial charge in [0.1, 0.15) is 0 Å². The molecule has 1 heterocycles. The number of hydrogen-bond donors (Lipinski definition) is 0. The lowest BCUT2D eigenvalue weighted by Gasteiger charge is -2.51. The van der Waals surface area contributed by atoms with E-state index in [-0.39, 0.29) is 20.9 Å². The van der Waals surface area contributed by atoms with Crippen LogP contribution in [-0.4, -0.2) is 41.5 Å². The molecule has 2 nitrogen and oxygen atoms in total. The van der Waals surface area contributed by atoms with Gasteiger partial charge in [0.2, 0.25) is 0 Å². The Labute approximate surface area is 181 Å². The summed E-state index contributed by atoms with van der Waals surface area (Å²) in [4.78, 5) is 0.486. The zero-order valence-corrected chi connectivity index (χ0v) is 18.9. The molecule has 2 atom stereocenters. The minimum atomic E-state index is -4.72. The van der Waals surface area contributed by atoms with Crippen molar-refractivity contribution in [3.63, 3.8) is 0 Å². The van der Waals surface area contributed by atoms with Crippen molar-refractivity contribution in [2.75, 3.05) is 13.1 Å². The summed E-state index contributed by atoms with van der Waals surface area (Å²) in [5.41, 5.74) is 1.70. The minimum absolute atomic E-state index is 0.241. The van der Waals surface area contributed by atoms with Crippen molar-refractivity contribution in [2.45, 2.75) is 72.6 Å². The van der Waals surface area contributed by atoms with Gasteiger partial charge in [0.05, 0.1) is 12.1 Å². The fraction of sp³-hybridized carbons (Fsp3) is 0.565. The number of piperazine rings is 1. The average molecular weight is 451 g/mol. The number of halogens is 6. The quantitative estimate of drug-likeness (QED) is 0.339. The molecule has 2 aliphatic rings. The summed E-state index contributed by atoms with van der Waals surface area (Å²) in [7, 11) is 0. The lowest BCUT2D eigenvalue weighted by Crippen LogP contribution is -2.63. The zero-order chi connectivity index (χ0) is 24.0. The highest BCUT2D eigenvalue weighted by Gasteiger charge is 2.57. The van der Waals surface area contributed by atoms with Crippen LogP contribution in [0.25, 0.3) is 5.57 Å². The van der Waals surface area contributed by atoms with Gasteiger partial charge in [-0.15, -0.1) is 0 Å². The van der Waals surface area contributed by atoms with Crippen LogP contribution in [0, 0.1) is 0 Å². The Kier molecular flexibility index (Phi) is 9.82. The summed E-state index contributed by atoms with van der Waals surface area (Å²) in [6.45, 7) is 10.0. The van der Waals surface area contributed by atoms with E-state index in [2.05, 4.69) is 0 Å². The van der Waals surface area contributed by atoms with E-state index in [1.807, 2.05) is 34.6 Å². The molecule has 2 unspecified atom stereocenters. The van der Waals surface area contributed by atoms with Crippen LogP contribution in [0.5, 0.6) is 0 Å². The number of alkyl halides is 6. The third-order valence-corrected chi connectivity index (χ3v) is 5.17. The Hall–Kier alpha value is -1.80. The molecule has 3 rings (SSSR count). The van der Waals surface area contributed by atoms with Crippen molar-refractivity contribution in [2.24, 2.45) is 0 Å². The summed E-state index contributed by atoms with van der Waals surface area (Å²) in [5, 5.41) is 0. The van der Waals surface area contributed by atoms with Gasteiger partial charge in [-0.05, 0) is 35.6 Å². The molecule has 8 heteroatoms. The second-order valence-electron chi connectivity index (χ2n) is 6.69. The summed E-state index contributed by atoms with van der Waals surface area (Å²) < 4.78 is 82.2. The monoisotopic (exact) mass is 450 g/mol. The van der Waals surface area contributed by atoms with Crippen molar-refractivity contribution in [1.29, 1.82) is 0 Å². The standard InChI is InChI=1S/C19H20F6N2.2C2H6/c1-3-4-7-14-12(2)13-8-5-6-9-15(13)17-16(14)26(18(20,21)22)10-11-27(17)19(23,24)25;2*1-2/h4-9,16-17H,3,10-11H2,1-2H3;2*1-2H3/b7-4-;;. The van der Waals surface area contributed by atoms with E-state index in [9.17, 15) is 26.3 Å². The van der Waals surface area contributed by atoms with Crippen LogP contribution >= 0.6 is 0 Å². The Morgan fingerprint density at radius 3 is 1.84 bits per heavy atom. The Balaban J connectivity index is 0.00000113. The van der Waals surface area contributed by atoms with Crippen molar-refractivity contribution >= 4 is 5.57 Å². The van der Waals surface area contributed by atoms with Gasteiger partial charge in [0.25, 0.3) is 0 Å². The summed E-state index contributed by atoms with van der Waals surface area (Å²) in [6, 6.07) is 3.52. The molecule has 31 heavy (non-hydrogen) atoms. The first kappa shape index (κ1) is 27.2. The maximum absolute atomic E-state index is 13.7. The maximum atomic E-state index is 13.7. The molecule has 1 aromatic rings. The van der Waals surface area contributed by atoms with Crippen molar-refractivity contribution < 1.29 is 26.3 Å². The van der Waals surface area contributed by atoms with E-state index >= 15 is 0 Å². The molecule has 1 aromatic carbocycles. The van der Waals surface area contributed by atoms with E-state index in [1.54, 1.807) is 37.3 Å². The Morgan fingerprint density at radius 2 is 1.35 bits per heavy atom. The molecule has 1 fully saturated rings. The van der Waals surface area contributed by atoms with E-state index in [0.29, 0.717) is 17.6 Å². The van der Waals surface area contributed by atoms with Crippen LogP contribution in [0.2, 0.25) is 0 Å². The highest BCUT2D eigenvalue weighted by atomic mass is 19.4. The Bertz CT molecular complexity index is 764. The van der Waals surface area contributed by atoms with Gasteiger partial charge >= 0.3 is 12.6 Å². The molecule has 0 saturated carbocycles. The minimum Gasteiger partial charge on any atom is -0.204 e. The van der Waals surface area contributed by atoms with Crippen LogP contribution in [-0.2, 0) is 0 Å². The second kappa shape index (κ2) is 11.2. The molecule has 1 aliphatic heterocycles. The van der Waals surface area contributed by atoms with Crippen LogP contribution in [0.15, 0.2) is 42.0 Å². The summed E-state index contributed by atoms with van der Waals surface area (Å²) >= 11 is 0. The molecule has 1 saturated heterocycles. The van der Waals surface area contributed by atoms with Gasteiger partial charge in [-0.1, -0.05) is 71.0 Å². The third kappa shape index (κ3) is 5.71. The first-order chi connectivity index (χ1) is 14.6. The first-order valence-electron chi connectivity index (χ1n) is 10.7. The van der Waals surface area contributed by atoms with Gasteiger partial charge < -0.3 is 0 Å². The van der Waals surface area contributed by atoms with Gasteiger partial charge in [-0.2, -0.15) is 26.3 Å². The van der Waals surface area contributed by atoms with Crippen molar-refractivity contribution in [1.82, 2.24) is 9.80 Å². The number of fused-ring (bicyclic) bond motifs is 3. The van der Waals surface area contributed by atoms with Crippen LogP contribution in [0.3, 0.4) is 0 Å². The highest BCUT2D eigenvalue weighted by Crippen LogP contribution is 2.50. The van der Waals surface area contributed by atoms with Crippen molar-refractivity contribution in [3.8, 4) is 0 Å². The number of hydrogen-bond acceptors (Lipinski definition) is 2. The molecule has 0 radical (unpaired) electrons. The fourth-order valence-electron chi connectivity index (χ4n) is 4.02. The van der Waals surface area contributed by atoms with E-state index < -0.39 is 37.8 Å². The van der Waals surface area contributed by atoms with Gasteiger partial charge in [0.15, 0.2) is 0 Å². The van der Waals surface area contributed by atoms with Crippen molar-refractivity contribution in [3.05, 3.63) is 53.1 Å². The van der Waals surface area contributed by atoms with Crippen LogP contribution in [0.4, 0.5) is 26.3 Å². The zero-order valence-electron chi connectivity index (χ0n) is 18.9. The predicted octanol–water partition coefficient (Wildman–Crippen LogP) is 7.56. The molecule has 176 valence electrons. The number of allylic oxidation sites excluding steroid dienone is 2. The lowest BCUT2D eigenvalue weighted by atomic mass is 9.77. The fourth-order valence-corrected chi connectivity index (χ4v) is 4.02. The summed E-state index contributed by atoms with van der Waals surface area (Å²) in [6.07, 6.45) is -5.64. The highest BCUT2D eigenvalue weighted by molar-refractivity contribution is 5.76. The van der Waals surface area contributed by atoms with Crippen LogP contribution in [0.1, 0.15) is 65.1 Å². The lowest BCUT2D eigenvalue weighted by molar-refractivity contribution is -0.312. The van der Waals surface area contributed by atoms with Gasteiger partial charge in [-0.3, -0.25) is 0 Å². The first-order valence-corrected chi connectivity index (χ1v) is 10.7. The van der Waals surface area contributed by atoms with Gasteiger partial charge in [-0.25, -0.2) is 9.80 Å². The Morgan fingerprint density at radius 1 is 0.871 bits per heavy atom. The molecule has 0 amide bonds. The molecular formula is C23H32F6N2. The smallest absolute Gasteiger partial charge is 0.204 e. The molecule has 1 aliphatic carbocycles. The molecular weight excluding hydrogens is 418 g/mol. The largest absolute Gasteiger partial charge is 0.460 e. The SMILES string of the molecule is CC.CC.CC/C=C\C1=C(C)c2ccccc2C2C1N(C(F)(F)F)CCN2C(F)(F)F. The average Bonchev–Trinajstić information content (AvgIpc) is 2.74. The van der Waals surface area contributed by atoms with E-state index in [0.717, 1.165) is 0 Å². The number of rotatable bonds is 2. The van der Waals surface area contributed by atoms with E-state index in [1.165, 1.54) is 6.07 Å². The third-order valence-electron chi connectivity index (χ3n) is 5.17. The maximum Gasteiger partial charge on any atom is 0.460 e. The van der Waals surface area contributed by atoms with Crippen LogP contribution < -0.4 is 0 Å². The molecule has 0 spiro atoms. The topological polar surface area (TPSA) is 6.48 Å². The van der Waals surface area contributed by atoms with E-state index in [4.69, 9.17) is 0 Å². The number of benzene rings is 1. The molecule has 0 bridgehead atoms. The normalized spacial score (nSPS) is 22.2.